The first kappa shape index (κ1) is 15.8. The summed E-state index contributed by atoms with van der Waals surface area (Å²) < 4.78 is 5.31. The highest BCUT2D eigenvalue weighted by atomic mass is 16.5. The Hall–Kier alpha value is -0.590. The first-order chi connectivity index (χ1) is 9.71. The lowest BCUT2D eigenvalue weighted by atomic mass is 9.76. The minimum absolute atomic E-state index is 0.218. The Morgan fingerprint density at radius 2 is 2.05 bits per heavy atom. The van der Waals surface area contributed by atoms with Gasteiger partial charge in [-0.3, -0.25) is 4.90 Å². The van der Waals surface area contributed by atoms with Crippen LogP contribution >= 0.6 is 0 Å². The minimum atomic E-state index is 0.218. The van der Waals surface area contributed by atoms with Crippen molar-refractivity contribution in [2.45, 2.75) is 64.5 Å². The maximum atomic E-state index is 9.52. The maximum absolute atomic E-state index is 9.52. The predicted octanol–water partition coefficient (Wildman–Crippen LogP) is 3.45. The van der Waals surface area contributed by atoms with Gasteiger partial charge in [0.2, 0.25) is 0 Å². The molecular weight excluding hydrogens is 248 g/mol. The molecule has 2 aliphatic carbocycles. The summed E-state index contributed by atoms with van der Waals surface area (Å²) in [6.45, 7) is 6.41. The number of nitrogens with zero attached hydrogens (tertiary/aromatic N) is 2. The Bertz CT molecular complexity index is 334. The molecule has 0 aliphatic heterocycles. The van der Waals surface area contributed by atoms with Crippen LogP contribution in [0, 0.1) is 29.1 Å². The topological polar surface area (TPSA) is 36.3 Å². The smallest absolute Gasteiger partial charge is 0.0672 e. The molecule has 0 bridgehead atoms. The highest BCUT2D eigenvalue weighted by Crippen LogP contribution is 2.40. The summed E-state index contributed by atoms with van der Waals surface area (Å²) in [6, 6.07) is 3.65. The summed E-state index contributed by atoms with van der Waals surface area (Å²) in [6.07, 6.45) is 7.51. The first-order valence-corrected chi connectivity index (χ1v) is 8.35. The molecule has 0 aromatic carbocycles. The second-order valence-corrected chi connectivity index (χ2v) is 6.70. The predicted molar refractivity (Wildman–Crippen MR) is 81.3 cm³/mol. The fourth-order valence-electron chi connectivity index (χ4n) is 3.84. The van der Waals surface area contributed by atoms with E-state index in [9.17, 15) is 5.26 Å². The van der Waals surface area contributed by atoms with Crippen LogP contribution in [0.2, 0.25) is 0 Å². The SMILES string of the molecule is CCC1CCC(C#N)C(N(CCOC)C(C)C2CC2)C1. The normalized spacial score (nSPS) is 32.0. The highest BCUT2D eigenvalue weighted by Gasteiger charge is 2.40. The molecule has 0 N–H and O–H groups in total. The zero-order valence-electron chi connectivity index (χ0n) is 13.3. The molecule has 20 heavy (non-hydrogen) atoms. The summed E-state index contributed by atoms with van der Waals surface area (Å²) in [4.78, 5) is 2.61. The van der Waals surface area contributed by atoms with Crippen LogP contribution in [0.5, 0.6) is 0 Å². The Morgan fingerprint density at radius 1 is 1.30 bits per heavy atom. The monoisotopic (exact) mass is 278 g/mol. The van der Waals surface area contributed by atoms with E-state index >= 15 is 0 Å². The zero-order chi connectivity index (χ0) is 14.5. The van der Waals surface area contributed by atoms with E-state index in [0.29, 0.717) is 12.1 Å². The first-order valence-electron chi connectivity index (χ1n) is 8.35. The molecule has 2 rings (SSSR count). The number of ether oxygens (including phenoxy) is 1. The maximum Gasteiger partial charge on any atom is 0.0672 e. The molecule has 3 nitrogen and oxygen atoms in total. The van der Waals surface area contributed by atoms with Gasteiger partial charge in [-0.25, -0.2) is 0 Å². The van der Waals surface area contributed by atoms with Crippen molar-refractivity contribution in [1.29, 1.82) is 5.26 Å². The lowest BCUT2D eigenvalue weighted by molar-refractivity contribution is 0.0355. The molecule has 2 fully saturated rings. The van der Waals surface area contributed by atoms with Gasteiger partial charge in [0, 0.05) is 25.7 Å². The average Bonchev–Trinajstić information content (AvgIpc) is 3.31. The molecule has 2 aliphatic rings. The van der Waals surface area contributed by atoms with Crippen molar-refractivity contribution in [3.63, 3.8) is 0 Å². The van der Waals surface area contributed by atoms with E-state index in [4.69, 9.17) is 4.74 Å². The van der Waals surface area contributed by atoms with E-state index in [1.54, 1.807) is 7.11 Å². The molecule has 0 heterocycles. The van der Waals surface area contributed by atoms with Gasteiger partial charge in [-0.05, 0) is 50.9 Å². The molecular formula is C17H30N2O. The molecule has 2 saturated carbocycles. The van der Waals surface area contributed by atoms with E-state index in [0.717, 1.165) is 31.4 Å². The van der Waals surface area contributed by atoms with E-state index in [-0.39, 0.29) is 5.92 Å². The van der Waals surface area contributed by atoms with Crippen molar-refractivity contribution in [2.24, 2.45) is 17.8 Å². The Morgan fingerprint density at radius 3 is 2.60 bits per heavy atom. The number of rotatable bonds is 7. The molecule has 0 spiro atoms. The van der Waals surface area contributed by atoms with Crippen molar-refractivity contribution < 1.29 is 4.74 Å². The highest BCUT2D eigenvalue weighted by molar-refractivity contribution is 5.00. The van der Waals surface area contributed by atoms with Crippen molar-refractivity contribution in [2.75, 3.05) is 20.3 Å². The van der Waals surface area contributed by atoms with Gasteiger partial charge in [-0.1, -0.05) is 13.3 Å². The third-order valence-electron chi connectivity index (χ3n) is 5.48. The molecule has 0 radical (unpaired) electrons. The van der Waals surface area contributed by atoms with Crippen molar-refractivity contribution in [3.05, 3.63) is 0 Å². The van der Waals surface area contributed by atoms with E-state index < -0.39 is 0 Å². The molecule has 0 saturated heterocycles. The number of nitriles is 1. The van der Waals surface area contributed by atoms with Crippen LogP contribution in [0.1, 0.15) is 52.4 Å². The number of hydrogen-bond donors (Lipinski definition) is 0. The van der Waals surface area contributed by atoms with Gasteiger partial charge in [0.15, 0.2) is 0 Å². The quantitative estimate of drug-likeness (QED) is 0.715. The fourth-order valence-corrected chi connectivity index (χ4v) is 3.84. The fraction of sp³-hybridized carbons (Fsp3) is 0.941. The molecule has 4 atom stereocenters. The van der Waals surface area contributed by atoms with Crippen molar-refractivity contribution in [1.82, 2.24) is 4.90 Å². The minimum Gasteiger partial charge on any atom is -0.383 e. The van der Waals surface area contributed by atoms with Gasteiger partial charge >= 0.3 is 0 Å². The summed E-state index contributed by atoms with van der Waals surface area (Å²) in [5.74, 6) is 1.88. The van der Waals surface area contributed by atoms with Crippen LogP contribution in [0.4, 0.5) is 0 Å². The van der Waals surface area contributed by atoms with Crippen LogP contribution in [0.15, 0.2) is 0 Å². The largest absolute Gasteiger partial charge is 0.383 e. The summed E-state index contributed by atoms with van der Waals surface area (Å²) in [5.41, 5.74) is 0. The Balaban J connectivity index is 2.08. The van der Waals surface area contributed by atoms with E-state index in [2.05, 4.69) is 24.8 Å². The lowest BCUT2D eigenvalue weighted by Crippen LogP contribution is -2.50. The van der Waals surface area contributed by atoms with Crippen LogP contribution in [0.3, 0.4) is 0 Å². The van der Waals surface area contributed by atoms with Gasteiger partial charge in [0.1, 0.15) is 0 Å². The molecule has 3 heteroatoms. The molecule has 0 aromatic heterocycles. The van der Waals surface area contributed by atoms with Crippen molar-refractivity contribution in [3.8, 4) is 6.07 Å². The van der Waals surface area contributed by atoms with Gasteiger partial charge in [-0.15, -0.1) is 0 Å². The van der Waals surface area contributed by atoms with E-state index in [1.165, 1.54) is 32.1 Å². The van der Waals surface area contributed by atoms with Crippen LogP contribution in [-0.2, 0) is 4.74 Å². The number of hydrogen-bond acceptors (Lipinski definition) is 3. The summed E-state index contributed by atoms with van der Waals surface area (Å²) >= 11 is 0. The van der Waals surface area contributed by atoms with Crippen molar-refractivity contribution >= 4 is 0 Å². The molecule has 4 unspecified atom stereocenters. The van der Waals surface area contributed by atoms with Gasteiger partial charge in [0.25, 0.3) is 0 Å². The van der Waals surface area contributed by atoms with Gasteiger partial charge < -0.3 is 4.74 Å². The average molecular weight is 278 g/mol. The van der Waals surface area contributed by atoms with Gasteiger partial charge in [0.05, 0.1) is 18.6 Å². The molecule has 0 amide bonds. The second-order valence-electron chi connectivity index (χ2n) is 6.70. The van der Waals surface area contributed by atoms with Crippen LogP contribution < -0.4 is 0 Å². The van der Waals surface area contributed by atoms with Crippen LogP contribution in [-0.4, -0.2) is 37.2 Å². The third kappa shape index (κ3) is 3.74. The molecule has 0 aromatic rings. The summed E-state index contributed by atoms with van der Waals surface area (Å²) in [5, 5.41) is 9.52. The third-order valence-corrected chi connectivity index (χ3v) is 5.48. The standard InChI is InChI=1S/C17H30N2O/c1-4-14-5-6-16(12-18)17(11-14)19(9-10-20-3)13(2)15-7-8-15/h13-17H,4-11H2,1-3H3. The van der Waals surface area contributed by atoms with E-state index in [1.807, 2.05) is 0 Å². The summed E-state index contributed by atoms with van der Waals surface area (Å²) in [7, 11) is 1.78. The Kier molecular flexibility index (Phi) is 5.86. The number of methoxy groups -OCH3 is 1. The Labute approximate surface area is 124 Å². The lowest BCUT2D eigenvalue weighted by Gasteiger charge is -2.43. The second kappa shape index (κ2) is 7.43. The van der Waals surface area contributed by atoms with Gasteiger partial charge in [-0.2, -0.15) is 5.26 Å². The zero-order valence-corrected chi connectivity index (χ0v) is 13.3. The molecule has 114 valence electrons. The van der Waals surface area contributed by atoms with Crippen LogP contribution in [0.25, 0.3) is 0 Å².